The van der Waals surface area contributed by atoms with E-state index in [0.717, 1.165) is 6.42 Å². The van der Waals surface area contributed by atoms with Crippen LogP contribution < -0.4 is 10.9 Å². The minimum Gasteiger partial charge on any atom is -0.501 e. The molecule has 0 radical (unpaired) electrons. The molecule has 2 heterocycles. The van der Waals surface area contributed by atoms with E-state index in [0.29, 0.717) is 19.5 Å². The molecule has 0 aliphatic carbocycles. The lowest BCUT2D eigenvalue weighted by molar-refractivity contribution is -0.129. The summed E-state index contributed by atoms with van der Waals surface area (Å²) >= 11 is 0. The van der Waals surface area contributed by atoms with Crippen molar-refractivity contribution in [2.24, 2.45) is 0 Å². The molecule has 3 N–H and O–H groups in total. The number of H-pyrrole nitrogens is 1. The van der Waals surface area contributed by atoms with Gasteiger partial charge >= 0.3 is 0 Å². The number of rotatable bonds is 3. The average molecular weight is 294 g/mol. The van der Waals surface area contributed by atoms with E-state index in [1.807, 2.05) is 0 Å². The summed E-state index contributed by atoms with van der Waals surface area (Å²) in [4.78, 5) is 43.3. The van der Waals surface area contributed by atoms with Gasteiger partial charge in [0.1, 0.15) is 5.82 Å². The Morgan fingerprint density at radius 2 is 2.24 bits per heavy atom. The van der Waals surface area contributed by atoms with Crippen LogP contribution in [0.3, 0.4) is 0 Å². The molecular weight excluding hydrogens is 276 g/mol. The summed E-state index contributed by atoms with van der Waals surface area (Å²) in [5.41, 5.74) is -1.09. The van der Waals surface area contributed by atoms with Crippen LogP contribution in [0.4, 0.5) is 0 Å². The molecule has 1 aromatic rings. The quantitative estimate of drug-likeness (QED) is 0.720. The van der Waals surface area contributed by atoms with E-state index in [1.165, 1.54) is 6.92 Å². The van der Waals surface area contributed by atoms with Crippen molar-refractivity contribution in [2.45, 2.75) is 32.7 Å². The Kier molecular flexibility index (Phi) is 4.25. The first-order chi connectivity index (χ1) is 9.95. The molecule has 0 spiro atoms. The molecule has 1 saturated heterocycles. The van der Waals surface area contributed by atoms with Crippen molar-refractivity contribution in [3.8, 4) is 5.75 Å². The Morgan fingerprint density at radius 3 is 2.86 bits per heavy atom. The Morgan fingerprint density at radius 1 is 1.52 bits per heavy atom. The van der Waals surface area contributed by atoms with E-state index in [4.69, 9.17) is 0 Å². The summed E-state index contributed by atoms with van der Waals surface area (Å²) in [7, 11) is 0. The number of nitrogens with zero attached hydrogens (tertiary/aromatic N) is 2. The molecular formula is C13H18N4O4. The normalized spacial score (nSPS) is 17.8. The minimum absolute atomic E-state index is 0.118. The van der Waals surface area contributed by atoms with Crippen molar-refractivity contribution >= 4 is 11.8 Å². The maximum absolute atomic E-state index is 11.8. The number of amides is 2. The highest BCUT2D eigenvalue weighted by Gasteiger charge is 2.31. The number of likely N-dealkylation sites (tertiary alicyclic amines) is 1. The molecule has 0 bridgehead atoms. The number of carbonyl (C=O) groups is 2. The molecule has 0 saturated carbocycles. The SMILES string of the molecule is CCNC(=O)c1nc([C@@H]2CCCN2C(C)=O)[nH]c(=O)c1O. The first kappa shape index (κ1) is 15.0. The lowest BCUT2D eigenvalue weighted by atomic mass is 10.2. The van der Waals surface area contributed by atoms with Crippen LogP contribution in [0.2, 0.25) is 0 Å². The van der Waals surface area contributed by atoms with Gasteiger partial charge in [-0.3, -0.25) is 14.4 Å². The van der Waals surface area contributed by atoms with E-state index in [1.54, 1.807) is 11.8 Å². The average Bonchev–Trinajstić information content (AvgIpc) is 2.91. The van der Waals surface area contributed by atoms with Crippen LogP contribution in [-0.2, 0) is 4.79 Å². The van der Waals surface area contributed by atoms with Gasteiger partial charge in [0.25, 0.3) is 11.5 Å². The molecule has 1 fully saturated rings. The zero-order valence-electron chi connectivity index (χ0n) is 12.0. The maximum atomic E-state index is 11.8. The first-order valence-corrected chi connectivity index (χ1v) is 6.84. The Balaban J connectivity index is 2.44. The van der Waals surface area contributed by atoms with Gasteiger partial charge < -0.3 is 20.3 Å². The van der Waals surface area contributed by atoms with Gasteiger partial charge in [-0.25, -0.2) is 4.98 Å². The van der Waals surface area contributed by atoms with Gasteiger partial charge in [0, 0.05) is 20.0 Å². The summed E-state index contributed by atoms with van der Waals surface area (Å²) in [5.74, 6) is -1.22. The predicted octanol–water partition coefficient (Wildman–Crippen LogP) is -0.0914. The third-order valence-electron chi connectivity index (χ3n) is 3.44. The van der Waals surface area contributed by atoms with Crippen LogP contribution in [0, 0.1) is 0 Å². The smallest absolute Gasteiger partial charge is 0.294 e. The molecule has 1 atom stereocenters. The Labute approximate surface area is 121 Å². The number of aromatic amines is 1. The molecule has 8 nitrogen and oxygen atoms in total. The standard InChI is InChI=1S/C13H18N4O4/c1-3-14-12(20)9-10(19)13(21)16-11(15-9)8-5-4-6-17(8)7(2)18/h8,19H,3-6H2,1-2H3,(H,14,20)(H,15,16,21)/t8-/m0/s1. The molecule has 0 aromatic carbocycles. The number of hydrogen-bond donors (Lipinski definition) is 3. The fraction of sp³-hybridized carbons (Fsp3) is 0.538. The first-order valence-electron chi connectivity index (χ1n) is 6.84. The third kappa shape index (κ3) is 2.88. The molecule has 1 aliphatic heterocycles. The summed E-state index contributed by atoms with van der Waals surface area (Å²) in [6.45, 7) is 4.10. The molecule has 8 heteroatoms. The van der Waals surface area contributed by atoms with Crippen LogP contribution in [0.25, 0.3) is 0 Å². The highest BCUT2D eigenvalue weighted by Crippen LogP contribution is 2.29. The molecule has 2 rings (SSSR count). The van der Waals surface area contributed by atoms with E-state index in [9.17, 15) is 19.5 Å². The van der Waals surface area contributed by atoms with Gasteiger partial charge in [-0.1, -0.05) is 0 Å². The summed E-state index contributed by atoms with van der Waals surface area (Å²) < 4.78 is 0. The molecule has 21 heavy (non-hydrogen) atoms. The number of aromatic nitrogens is 2. The Bertz CT molecular complexity index is 625. The molecule has 1 aliphatic rings. The fourth-order valence-corrected chi connectivity index (χ4v) is 2.47. The van der Waals surface area contributed by atoms with E-state index >= 15 is 0 Å². The van der Waals surface area contributed by atoms with Crippen LogP contribution in [0.5, 0.6) is 5.75 Å². The predicted molar refractivity (Wildman–Crippen MR) is 73.9 cm³/mol. The zero-order chi connectivity index (χ0) is 15.6. The van der Waals surface area contributed by atoms with Gasteiger partial charge in [0.15, 0.2) is 5.69 Å². The lowest BCUT2D eigenvalue weighted by Crippen LogP contribution is -2.32. The highest BCUT2D eigenvalue weighted by atomic mass is 16.3. The molecule has 1 aromatic heterocycles. The van der Waals surface area contributed by atoms with Crippen molar-refractivity contribution in [3.05, 3.63) is 21.9 Å². The van der Waals surface area contributed by atoms with Gasteiger partial charge in [0.2, 0.25) is 11.7 Å². The molecule has 0 unspecified atom stereocenters. The number of carbonyl (C=O) groups excluding carboxylic acids is 2. The van der Waals surface area contributed by atoms with Crippen LogP contribution >= 0.6 is 0 Å². The number of aromatic hydroxyl groups is 1. The van der Waals surface area contributed by atoms with Crippen molar-refractivity contribution < 1.29 is 14.7 Å². The Hall–Kier alpha value is -2.38. The second-order valence-electron chi connectivity index (χ2n) is 4.88. The van der Waals surface area contributed by atoms with Gasteiger partial charge in [-0.2, -0.15) is 0 Å². The largest absolute Gasteiger partial charge is 0.501 e. The highest BCUT2D eigenvalue weighted by molar-refractivity contribution is 5.94. The molecule has 2 amide bonds. The monoisotopic (exact) mass is 294 g/mol. The van der Waals surface area contributed by atoms with Gasteiger partial charge in [-0.05, 0) is 19.8 Å². The number of nitrogens with one attached hydrogen (secondary N) is 2. The van der Waals surface area contributed by atoms with Crippen molar-refractivity contribution in [2.75, 3.05) is 13.1 Å². The van der Waals surface area contributed by atoms with Crippen LogP contribution in [0.15, 0.2) is 4.79 Å². The van der Waals surface area contributed by atoms with E-state index < -0.39 is 17.2 Å². The minimum atomic E-state index is -0.781. The van der Waals surface area contributed by atoms with Crippen molar-refractivity contribution in [1.82, 2.24) is 20.2 Å². The third-order valence-corrected chi connectivity index (χ3v) is 3.44. The second-order valence-corrected chi connectivity index (χ2v) is 4.88. The number of hydrogen-bond acceptors (Lipinski definition) is 5. The van der Waals surface area contributed by atoms with E-state index in [-0.39, 0.29) is 23.5 Å². The van der Waals surface area contributed by atoms with E-state index in [2.05, 4.69) is 15.3 Å². The maximum Gasteiger partial charge on any atom is 0.294 e. The second kappa shape index (κ2) is 5.94. The van der Waals surface area contributed by atoms with Crippen LogP contribution in [-0.4, -0.2) is 44.9 Å². The topological polar surface area (TPSA) is 115 Å². The van der Waals surface area contributed by atoms with Gasteiger partial charge in [-0.15, -0.1) is 0 Å². The molecule has 114 valence electrons. The summed E-state index contributed by atoms with van der Waals surface area (Å²) in [6, 6.07) is -0.371. The van der Waals surface area contributed by atoms with Crippen LogP contribution in [0.1, 0.15) is 49.0 Å². The summed E-state index contributed by atoms with van der Waals surface area (Å²) in [5, 5.41) is 12.2. The van der Waals surface area contributed by atoms with Crippen molar-refractivity contribution in [1.29, 1.82) is 0 Å². The fourth-order valence-electron chi connectivity index (χ4n) is 2.47. The summed E-state index contributed by atoms with van der Waals surface area (Å²) in [6.07, 6.45) is 1.45. The van der Waals surface area contributed by atoms with Gasteiger partial charge in [0.05, 0.1) is 6.04 Å². The lowest BCUT2D eigenvalue weighted by Gasteiger charge is -2.22. The van der Waals surface area contributed by atoms with Crippen molar-refractivity contribution in [3.63, 3.8) is 0 Å². The zero-order valence-corrected chi connectivity index (χ0v) is 12.0.